The second-order valence-electron chi connectivity index (χ2n) is 12.6. The Labute approximate surface area is 373 Å². The third-order valence-corrected chi connectivity index (χ3v) is 9.54. The van der Waals surface area contributed by atoms with Gasteiger partial charge < -0.3 is 13.7 Å². The molecule has 9 aromatic carbocycles. The van der Waals surface area contributed by atoms with Crippen molar-refractivity contribution in [3.63, 3.8) is 0 Å². The summed E-state index contributed by atoms with van der Waals surface area (Å²) in [6, 6.07) is -21.3. The Morgan fingerprint density at radius 2 is 0.649 bits per heavy atom. The number of para-hydroxylation sites is 4. The van der Waals surface area contributed by atoms with Crippen LogP contribution in [0.1, 0.15) is 42.5 Å². The third-order valence-electron chi connectivity index (χ3n) is 9.54. The van der Waals surface area contributed by atoms with Crippen molar-refractivity contribution in [1.82, 2.24) is 13.7 Å². The Kier molecular flexibility index (Phi) is 3.02. The molecule has 0 saturated heterocycles. The average molecular weight is 757 g/mol. The maximum absolute atomic E-state index is 10.3. The summed E-state index contributed by atoms with van der Waals surface area (Å²) in [5.74, 6) is 0. The lowest BCUT2D eigenvalue weighted by atomic mass is 10.00. The Morgan fingerprint density at radius 1 is 0.281 bits per heavy atom. The smallest absolute Gasteiger partial charge is 0.0667 e. The lowest BCUT2D eigenvalue weighted by molar-refractivity contribution is 1.14. The van der Waals surface area contributed by atoms with Gasteiger partial charge >= 0.3 is 0 Å². The Hall–Kier alpha value is -7.62. The number of hydrogen-bond donors (Lipinski definition) is 0. The molecular weight excluding hydrogens is 691 g/mol. The largest absolute Gasteiger partial charge is 0.309 e. The summed E-state index contributed by atoms with van der Waals surface area (Å²) in [6.07, 6.45) is 0. The molecule has 3 nitrogen and oxygen atoms in total. The molecule has 0 unspecified atom stereocenters. The van der Waals surface area contributed by atoms with Crippen LogP contribution in [0.15, 0.2) is 212 Å². The first kappa shape index (κ1) is 13.8. The monoisotopic (exact) mass is 756 g/mol. The zero-order chi connectivity index (χ0) is 64.4. The van der Waals surface area contributed by atoms with Gasteiger partial charge in [-0.05, 0) is 82.7 Å². The van der Waals surface area contributed by atoms with Gasteiger partial charge in [0.2, 0.25) is 0 Å². The van der Waals surface area contributed by atoms with Crippen LogP contribution in [-0.4, -0.2) is 13.7 Å². The predicted molar refractivity (Wildman–Crippen MR) is 240 cm³/mol. The van der Waals surface area contributed by atoms with E-state index in [2.05, 4.69) is 0 Å². The number of aromatic nitrogens is 3. The van der Waals surface area contributed by atoms with Crippen LogP contribution in [0, 0.1) is 0 Å². The third kappa shape index (κ3) is 4.86. The van der Waals surface area contributed by atoms with Gasteiger partial charge in [0.05, 0.1) is 75.6 Å². The Bertz CT molecular complexity index is 5210. The van der Waals surface area contributed by atoms with Crippen LogP contribution in [-0.2, 0) is 0 Å². The van der Waals surface area contributed by atoms with Gasteiger partial charge in [-0.3, -0.25) is 0 Å². The van der Waals surface area contributed by atoms with Gasteiger partial charge in [0.1, 0.15) is 0 Å². The van der Waals surface area contributed by atoms with Gasteiger partial charge in [0.25, 0.3) is 0 Å². The summed E-state index contributed by atoms with van der Waals surface area (Å²) >= 11 is 0. The second kappa shape index (κ2) is 12.5. The van der Waals surface area contributed by atoms with Gasteiger partial charge in [-0.2, -0.15) is 0 Å². The molecule has 3 heteroatoms. The fourth-order valence-electron chi connectivity index (χ4n) is 7.11. The van der Waals surface area contributed by atoms with E-state index in [4.69, 9.17) is 26.0 Å². The molecule has 3 heterocycles. The first-order chi connectivity index (χ1) is 41.2. The van der Waals surface area contributed by atoms with Crippen LogP contribution in [0.25, 0.3) is 105 Å². The van der Waals surface area contributed by atoms with E-state index >= 15 is 0 Å². The summed E-state index contributed by atoms with van der Waals surface area (Å²) in [5.41, 5.74) is -7.13. The zero-order valence-corrected chi connectivity index (χ0v) is 28.7. The summed E-state index contributed by atoms with van der Waals surface area (Å²) < 4.78 is 284. The van der Waals surface area contributed by atoms with Crippen molar-refractivity contribution >= 4 is 65.4 Å². The summed E-state index contributed by atoms with van der Waals surface area (Å²) in [5, 5.41) is -3.05. The predicted octanol–water partition coefficient (Wildman–Crippen LogP) is 14.3. The van der Waals surface area contributed by atoms with Crippen molar-refractivity contribution in [2.24, 2.45) is 0 Å². The van der Waals surface area contributed by atoms with Crippen molar-refractivity contribution in [1.29, 1.82) is 0 Å². The number of hydrogen-bond acceptors (Lipinski definition) is 0. The topological polar surface area (TPSA) is 14.8 Å². The molecule has 0 saturated carbocycles. The van der Waals surface area contributed by atoms with E-state index in [9.17, 15) is 16.4 Å². The van der Waals surface area contributed by atoms with Crippen molar-refractivity contribution in [3.05, 3.63) is 212 Å². The molecule has 12 rings (SSSR count). The van der Waals surface area contributed by atoms with Crippen LogP contribution < -0.4 is 0 Å². The minimum absolute atomic E-state index is 0.133. The molecule has 0 aliphatic carbocycles. The SMILES string of the molecule is [2H]c1c([2H])c([2H])c(-c2c([2H])c([2H])c(-c3cccc(-n4c5c([2H])c([2H])c([2H])c([2H])c5c5c([2H])c([2H])c(-n6c7c([2H])c([2H])c([2H])c([2H])c7c7c([2H])c([2H])c(-n8c9c([2H])c([2H])c([2H])c([2H])c9c9c([2H])c([2H])c([2H])c([2H])c98)c([2H])c76)c([2H])c54)c3)c([2H])c2[2H])c([2H])c1[2H]. The highest BCUT2D eigenvalue weighted by molar-refractivity contribution is 6.13. The Balaban J connectivity index is 1.26. The van der Waals surface area contributed by atoms with Crippen molar-refractivity contribution in [2.75, 3.05) is 0 Å². The lowest BCUT2D eigenvalue weighted by Gasteiger charge is -2.13. The second-order valence-corrected chi connectivity index (χ2v) is 12.6. The molecule has 0 fully saturated rings. The molecule has 0 atom stereocenters. The van der Waals surface area contributed by atoms with Gasteiger partial charge in [0.15, 0.2) is 0 Å². The highest BCUT2D eigenvalue weighted by atomic mass is 15.0. The number of fused-ring (bicyclic) bond motifs is 9. The van der Waals surface area contributed by atoms with E-state index in [0.717, 1.165) is 13.7 Å². The van der Waals surface area contributed by atoms with Gasteiger partial charge in [-0.25, -0.2) is 0 Å². The van der Waals surface area contributed by atoms with Gasteiger partial charge in [0, 0.05) is 49.4 Å². The van der Waals surface area contributed by atoms with Crippen LogP contribution in [0.3, 0.4) is 0 Å². The molecule has 12 aromatic rings. The van der Waals surface area contributed by atoms with Crippen molar-refractivity contribution < 1.29 is 42.5 Å². The van der Waals surface area contributed by atoms with E-state index in [1.807, 2.05) is 0 Å². The average Bonchev–Trinajstić information content (AvgIpc) is 1.58. The quantitative estimate of drug-likeness (QED) is 0.166. The summed E-state index contributed by atoms with van der Waals surface area (Å²) in [6.45, 7) is 0. The molecule has 0 N–H and O–H groups in total. The van der Waals surface area contributed by atoms with Crippen LogP contribution in [0.2, 0.25) is 0 Å². The molecule has 0 spiro atoms. The Morgan fingerprint density at radius 3 is 1.14 bits per heavy atom. The van der Waals surface area contributed by atoms with Crippen molar-refractivity contribution in [3.8, 4) is 39.3 Å². The molecule has 0 aliphatic heterocycles. The standard InChI is InChI=1S/C54H35N3/c1-2-13-36(14-3-1)37-25-27-38(28-26-37)39-15-12-16-40(33-39)56-51-23-10-6-19-45(51)47-32-30-42(35-53(47)56)57-52-24-11-7-20-46(52)48-31-29-41(34-54(48)57)55-49-21-8-4-17-43(49)44-18-5-9-22-50(44)55/h1-35H/i1D,2D,3D,4D,5D,6D,7D,8D,9D,10D,11D,13D,14D,17D,18D,19D,20D,21D,22D,23D,24D,25D,26D,27D,28D,29D,30D,31D,32D,34D,35D. The molecule has 0 aliphatic rings. The number of rotatable bonds is 5. The first-order valence-corrected chi connectivity index (χ1v) is 17.1. The van der Waals surface area contributed by atoms with E-state index in [1.54, 1.807) is 0 Å². The molecule has 0 amide bonds. The van der Waals surface area contributed by atoms with Crippen LogP contribution in [0.5, 0.6) is 0 Å². The molecule has 57 heavy (non-hydrogen) atoms. The van der Waals surface area contributed by atoms with Crippen LogP contribution in [0.4, 0.5) is 0 Å². The number of nitrogens with zero attached hydrogens (tertiary/aromatic N) is 3. The maximum Gasteiger partial charge on any atom is 0.0667 e. The minimum Gasteiger partial charge on any atom is -0.309 e. The minimum atomic E-state index is -0.991. The fourth-order valence-corrected chi connectivity index (χ4v) is 7.11. The molecule has 0 bridgehead atoms. The molecule has 0 radical (unpaired) electrons. The molecule has 266 valence electrons. The maximum atomic E-state index is 10.3. The number of benzene rings is 9. The van der Waals surface area contributed by atoms with Gasteiger partial charge in [-0.1, -0.05) is 151 Å². The van der Waals surface area contributed by atoms with Crippen LogP contribution >= 0.6 is 0 Å². The van der Waals surface area contributed by atoms with E-state index < -0.39 is 281 Å². The fraction of sp³-hybridized carbons (Fsp3) is 0. The summed E-state index contributed by atoms with van der Waals surface area (Å²) in [4.78, 5) is 0. The first-order valence-electron chi connectivity index (χ1n) is 32.6. The normalized spacial score (nSPS) is 19.5. The van der Waals surface area contributed by atoms with Crippen molar-refractivity contribution in [2.45, 2.75) is 0 Å². The van der Waals surface area contributed by atoms with E-state index in [0.29, 0.717) is 0 Å². The zero-order valence-electron chi connectivity index (χ0n) is 59.7. The lowest BCUT2D eigenvalue weighted by Crippen LogP contribution is -1.98. The summed E-state index contributed by atoms with van der Waals surface area (Å²) in [7, 11) is 0. The molecule has 3 aromatic heterocycles. The highest BCUT2D eigenvalue weighted by Gasteiger charge is 2.19. The highest BCUT2D eigenvalue weighted by Crippen LogP contribution is 2.39. The van der Waals surface area contributed by atoms with E-state index in [1.165, 1.54) is 24.3 Å². The van der Waals surface area contributed by atoms with E-state index in [-0.39, 0.29) is 11.3 Å². The van der Waals surface area contributed by atoms with Gasteiger partial charge in [-0.15, -0.1) is 0 Å². The molecular formula is C54H35N3.